The fourth-order valence-corrected chi connectivity index (χ4v) is 3.17. The second-order valence-corrected chi connectivity index (χ2v) is 6.56. The molecule has 1 fully saturated rings. The molecule has 0 radical (unpaired) electrons. The fraction of sp³-hybridized carbons (Fsp3) is 0.600. The summed E-state index contributed by atoms with van der Waals surface area (Å²) in [5.41, 5.74) is 1.45. The Bertz CT molecular complexity index is 437. The van der Waals surface area contributed by atoms with Crippen molar-refractivity contribution >= 4 is 23.4 Å². The lowest BCUT2D eigenvalue weighted by atomic mass is 9.84. The number of aromatic nitrogens is 1. The molecule has 1 aromatic heterocycles. The number of pyridine rings is 1. The maximum absolute atomic E-state index is 12.1. The number of rotatable bonds is 7. The lowest BCUT2D eigenvalue weighted by Gasteiger charge is -2.40. The van der Waals surface area contributed by atoms with Crippen molar-refractivity contribution in [3.8, 4) is 0 Å². The van der Waals surface area contributed by atoms with Crippen molar-refractivity contribution in [1.82, 2.24) is 10.3 Å². The summed E-state index contributed by atoms with van der Waals surface area (Å²) < 4.78 is 0.262. The third-order valence-corrected chi connectivity index (χ3v) is 5.26. The molecule has 2 N–H and O–H groups in total. The Kier molecular flexibility index (Phi) is 5.29. The number of nitrogens with zero attached hydrogens (tertiary/aromatic N) is 1. The minimum Gasteiger partial charge on any atom is -0.384 e. The summed E-state index contributed by atoms with van der Waals surface area (Å²) in [6.45, 7) is 3.78. The standard InChI is InChI=1S/C15H23N3OS/c1-3-9-16-12-5-6-13(17-10-12)14(19)18-11-15(20-2)7-4-8-15/h5-6,10,16H,3-4,7-9,11H2,1-2H3,(H,18,19). The molecule has 0 aliphatic heterocycles. The first-order chi connectivity index (χ1) is 9.69. The Morgan fingerprint density at radius 2 is 2.25 bits per heavy atom. The molecule has 0 atom stereocenters. The van der Waals surface area contributed by atoms with Gasteiger partial charge in [-0.05, 0) is 37.7 Å². The summed E-state index contributed by atoms with van der Waals surface area (Å²) in [6, 6.07) is 3.69. The highest BCUT2D eigenvalue weighted by Crippen LogP contribution is 2.42. The van der Waals surface area contributed by atoms with Gasteiger partial charge in [-0.1, -0.05) is 13.3 Å². The molecule has 110 valence electrons. The molecular formula is C15H23N3OS. The molecule has 1 aliphatic rings. The molecule has 1 aromatic rings. The first-order valence-corrected chi connectivity index (χ1v) is 8.45. The monoisotopic (exact) mass is 293 g/mol. The van der Waals surface area contributed by atoms with Gasteiger partial charge in [0.2, 0.25) is 0 Å². The molecule has 4 nitrogen and oxygen atoms in total. The maximum Gasteiger partial charge on any atom is 0.269 e. The van der Waals surface area contributed by atoms with Gasteiger partial charge in [0, 0.05) is 17.8 Å². The van der Waals surface area contributed by atoms with Gasteiger partial charge in [-0.25, -0.2) is 4.98 Å². The SMILES string of the molecule is CCCNc1ccc(C(=O)NCC2(SC)CCC2)nc1. The number of carbonyl (C=O) groups excluding carboxylic acids is 1. The van der Waals surface area contributed by atoms with Crippen LogP contribution in [-0.2, 0) is 0 Å². The highest BCUT2D eigenvalue weighted by atomic mass is 32.2. The maximum atomic E-state index is 12.1. The van der Waals surface area contributed by atoms with E-state index in [1.807, 2.05) is 17.8 Å². The predicted molar refractivity (Wildman–Crippen MR) is 85.4 cm³/mol. The smallest absolute Gasteiger partial charge is 0.269 e. The molecule has 0 aromatic carbocycles. The molecule has 2 rings (SSSR count). The van der Waals surface area contributed by atoms with Gasteiger partial charge in [0.25, 0.3) is 5.91 Å². The third-order valence-electron chi connectivity index (χ3n) is 3.84. The molecule has 1 heterocycles. The summed E-state index contributed by atoms with van der Waals surface area (Å²) >= 11 is 1.86. The van der Waals surface area contributed by atoms with Crippen molar-refractivity contribution in [1.29, 1.82) is 0 Å². The van der Waals surface area contributed by atoms with E-state index in [1.54, 1.807) is 12.3 Å². The summed E-state index contributed by atoms with van der Waals surface area (Å²) in [7, 11) is 0. The second-order valence-electron chi connectivity index (χ2n) is 5.28. The highest BCUT2D eigenvalue weighted by Gasteiger charge is 2.36. The number of amides is 1. The van der Waals surface area contributed by atoms with Crippen LogP contribution in [0.4, 0.5) is 5.69 Å². The first kappa shape index (κ1) is 15.2. The molecule has 0 bridgehead atoms. The zero-order valence-corrected chi connectivity index (χ0v) is 13.1. The van der Waals surface area contributed by atoms with Crippen LogP contribution in [-0.4, -0.2) is 35.0 Å². The topological polar surface area (TPSA) is 54.0 Å². The normalized spacial score (nSPS) is 16.3. The van der Waals surface area contributed by atoms with Crippen LogP contribution in [0.5, 0.6) is 0 Å². The Labute approximate surface area is 125 Å². The van der Waals surface area contributed by atoms with E-state index in [9.17, 15) is 4.79 Å². The largest absolute Gasteiger partial charge is 0.384 e. The zero-order chi connectivity index (χ0) is 14.4. The van der Waals surface area contributed by atoms with Gasteiger partial charge in [-0.3, -0.25) is 4.79 Å². The van der Waals surface area contributed by atoms with Gasteiger partial charge in [-0.15, -0.1) is 0 Å². The van der Waals surface area contributed by atoms with Crippen LogP contribution >= 0.6 is 11.8 Å². The number of anilines is 1. The van der Waals surface area contributed by atoms with Crippen LogP contribution < -0.4 is 10.6 Å². The van der Waals surface area contributed by atoms with Crippen LogP contribution in [0.3, 0.4) is 0 Å². The third kappa shape index (κ3) is 3.66. The molecule has 0 unspecified atom stereocenters. The first-order valence-electron chi connectivity index (χ1n) is 7.22. The van der Waals surface area contributed by atoms with Crippen molar-refractivity contribution in [2.45, 2.75) is 37.4 Å². The van der Waals surface area contributed by atoms with Crippen molar-refractivity contribution in [2.24, 2.45) is 0 Å². The number of hydrogen-bond acceptors (Lipinski definition) is 4. The van der Waals surface area contributed by atoms with E-state index < -0.39 is 0 Å². The lowest BCUT2D eigenvalue weighted by molar-refractivity contribution is 0.0939. The highest BCUT2D eigenvalue weighted by molar-refractivity contribution is 8.00. The average Bonchev–Trinajstić information content (AvgIpc) is 2.45. The minimum atomic E-state index is -0.0765. The van der Waals surface area contributed by atoms with Gasteiger partial charge in [-0.2, -0.15) is 11.8 Å². The van der Waals surface area contributed by atoms with Crippen LogP contribution in [0.2, 0.25) is 0 Å². The molecule has 1 saturated carbocycles. The van der Waals surface area contributed by atoms with Crippen LogP contribution in [0.15, 0.2) is 18.3 Å². The number of carbonyl (C=O) groups is 1. The molecule has 0 saturated heterocycles. The van der Waals surface area contributed by atoms with Gasteiger partial charge in [0.15, 0.2) is 0 Å². The molecule has 0 spiro atoms. The molecule has 1 amide bonds. The molecule has 5 heteroatoms. The van der Waals surface area contributed by atoms with E-state index in [2.05, 4.69) is 28.8 Å². The molecule has 1 aliphatic carbocycles. The van der Waals surface area contributed by atoms with Crippen molar-refractivity contribution in [2.75, 3.05) is 24.7 Å². The van der Waals surface area contributed by atoms with Gasteiger partial charge in [0.05, 0.1) is 11.9 Å². The molecular weight excluding hydrogens is 270 g/mol. The Balaban J connectivity index is 1.85. The fourth-order valence-electron chi connectivity index (χ4n) is 2.26. The van der Waals surface area contributed by atoms with E-state index in [4.69, 9.17) is 0 Å². The van der Waals surface area contributed by atoms with E-state index in [1.165, 1.54) is 19.3 Å². The average molecular weight is 293 g/mol. The number of thioether (sulfide) groups is 1. The lowest BCUT2D eigenvalue weighted by Crippen LogP contribution is -2.45. The number of nitrogens with one attached hydrogen (secondary N) is 2. The summed E-state index contributed by atoms with van der Waals surface area (Å²) in [5.74, 6) is -0.0765. The summed E-state index contributed by atoms with van der Waals surface area (Å²) in [4.78, 5) is 16.3. The Hall–Kier alpha value is -1.23. The second kappa shape index (κ2) is 6.97. The van der Waals surface area contributed by atoms with E-state index in [0.29, 0.717) is 5.69 Å². The van der Waals surface area contributed by atoms with Crippen molar-refractivity contribution in [3.63, 3.8) is 0 Å². The Morgan fingerprint density at radius 1 is 1.45 bits per heavy atom. The van der Waals surface area contributed by atoms with E-state index in [0.717, 1.165) is 25.2 Å². The predicted octanol–water partition coefficient (Wildman–Crippen LogP) is 2.92. The van der Waals surface area contributed by atoms with Crippen LogP contribution in [0.1, 0.15) is 43.1 Å². The minimum absolute atomic E-state index is 0.0765. The van der Waals surface area contributed by atoms with Gasteiger partial charge < -0.3 is 10.6 Å². The summed E-state index contributed by atoms with van der Waals surface area (Å²) in [5, 5.41) is 6.26. The molecule has 20 heavy (non-hydrogen) atoms. The van der Waals surface area contributed by atoms with Crippen LogP contribution in [0, 0.1) is 0 Å². The van der Waals surface area contributed by atoms with Crippen LogP contribution in [0.25, 0.3) is 0 Å². The van der Waals surface area contributed by atoms with Crippen molar-refractivity contribution < 1.29 is 4.79 Å². The Morgan fingerprint density at radius 3 is 2.75 bits per heavy atom. The number of hydrogen-bond donors (Lipinski definition) is 2. The summed E-state index contributed by atoms with van der Waals surface area (Å²) in [6.07, 6.45) is 8.57. The van der Waals surface area contributed by atoms with Gasteiger partial charge >= 0.3 is 0 Å². The van der Waals surface area contributed by atoms with Crippen molar-refractivity contribution in [3.05, 3.63) is 24.0 Å². The van der Waals surface area contributed by atoms with E-state index in [-0.39, 0.29) is 10.7 Å². The zero-order valence-electron chi connectivity index (χ0n) is 12.2. The van der Waals surface area contributed by atoms with Gasteiger partial charge in [0.1, 0.15) is 5.69 Å². The quantitative estimate of drug-likeness (QED) is 0.811. The van der Waals surface area contributed by atoms with E-state index >= 15 is 0 Å².